The lowest BCUT2D eigenvalue weighted by atomic mass is 9.97. The summed E-state index contributed by atoms with van der Waals surface area (Å²) in [7, 11) is 0. The highest BCUT2D eigenvalue weighted by molar-refractivity contribution is 5.93. The summed E-state index contributed by atoms with van der Waals surface area (Å²) < 4.78 is 0. The maximum Gasteiger partial charge on any atom is 0.228 e. The van der Waals surface area contributed by atoms with Gasteiger partial charge < -0.3 is 5.32 Å². The molecule has 1 heterocycles. The van der Waals surface area contributed by atoms with E-state index in [0.717, 1.165) is 31.5 Å². The number of nitrogens with one attached hydrogen (secondary N) is 2. The molecule has 0 atom stereocenters. The highest BCUT2D eigenvalue weighted by atomic mass is 16.2. The van der Waals surface area contributed by atoms with E-state index in [4.69, 9.17) is 0 Å². The predicted molar refractivity (Wildman–Crippen MR) is 56.6 cm³/mol. The molecule has 0 aromatic carbocycles. The first-order chi connectivity index (χ1) is 7.34. The number of amides is 1. The van der Waals surface area contributed by atoms with E-state index in [1.54, 1.807) is 0 Å². The molecule has 0 aliphatic heterocycles. The molecule has 2 aliphatic rings. The second-order valence-corrected chi connectivity index (χ2v) is 4.50. The summed E-state index contributed by atoms with van der Waals surface area (Å²) in [6, 6.07) is 0. The number of hydrogen-bond donors (Lipinski definition) is 2. The summed E-state index contributed by atoms with van der Waals surface area (Å²) in [6.07, 6.45) is 6.63. The number of rotatable bonds is 2. The first-order valence-electron chi connectivity index (χ1n) is 5.71. The minimum Gasteiger partial charge on any atom is -0.309 e. The van der Waals surface area contributed by atoms with Gasteiger partial charge in [-0.1, -0.05) is 0 Å². The number of aromatic amines is 1. The molecular formula is C11H15N3O. The van der Waals surface area contributed by atoms with Crippen molar-refractivity contribution in [3.05, 3.63) is 11.3 Å². The third-order valence-electron chi connectivity index (χ3n) is 3.25. The molecule has 1 fully saturated rings. The highest BCUT2D eigenvalue weighted by Gasteiger charge is 2.30. The Bertz CT molecular complexity index is 393. The van der Waals surface area contributed by atoms with E-state index in [2.05, 4.69) is 15.5 Å². The number of H-pyrrole nitrogens is 1. The third kappa shape index (κ3) is 1.64. The van der Waals surface area contributed by atoms with Crippen LogP contribution in [-0.2, 0) is 17.6 Å². The fourth-order valence-corrected chi connectivity index (χ4v) is 2.15. The van der Waals surface area contributed by atoms with Crippen molar-refractivity contribution in [2.45, 2.75) is 38.5 Å². The van der Waals surface area contributed by atoms with Gasteiger partial charge in [0.15, 0.2) is 5.82 Å². The summed E-state index contributed by atoms with van der Waals surface area (Å²) >= 11 is 0. The smallest absolute Gasteiger partial charge is 0.228 e. The van der Waals surface area contributed by atoms with E-state index >= 15 is 0 Å². The van der Waals surface area contributed by atoms with Crippen LogP contribution in [-0.4, -0.2) is 16.1 Å². The maximum absolute atomic E-state index is 11.6. The van der Waals surface area contributed by atoms with E-state index in [1.807, 2.05) is 0 Å². The summed E-state index contributed by atoms with van der Waals surface area (Å²) in [5.74, 6) is 1.18. The molecule has 1 amide bonds. The molecule has 0 radical (unpaired) electrons. The number of carbonyl (C=O) groups excluding carboxylic acids is 1. The average Bonchev–Trinajstić information content (AvgIpc) is 3.03. The monoisotopic (exact) mass is 205 g/mol. The normalized spacial score (nSPS) is 19.7. The Labute approximate surface area is 88.4 Å². The number of aromatic nitrogens is 2. The minimum atomic E-state index is 0.148. The van der Waals surface area contributed by atoms with Gasteiger partial charge in [0, 0.05) is 17.2 Å². The van der Waals surface area contributed by atoms with Crippen LogP contribution in [0.25, 0.3) is 0 Å². The number of hydrogen-bond acceptors (Lipinski definition) is 2. The molecule has 1 saturated carbocycles. The van der Waals surface area contributed by atoms with Gasteiger partial charge in [0.1, 0.15) is 0 Å². The molecule has 1 aromatic heterocycles. The van der Waals surface area contributed by atoms with Gasteiger partial charge in [0.2, 0.25) is 5.91 Å². The first kappa shape index (κ1) is 8.95. The largest absolute Gasteiger partial charge is 0.309 e. The molecule has 4 nitrogen and oxygen atoms in total. The standard InChI is InChI=1S/C11H15N3O/c15-11(7-5-6-7)12-10-8-3-1-2-4-9(8)13-14-10/h7H,1-6H2,(H2,12,13,14,15). The van der Waals surface area contributed by atoms with Crippen molar-refractivity contribution in [2.24, 2.45) is 5.92 Å². The van der Waals surface area contributed by atoms with E-state index in [1.165, 1.54) is 24.1 Å². The van der Waals surface area contributed by atoms with Crippen LogP contribution in [0.2, 0.25) is 0 Å². The summed E-state index contributed by atoms with van der Waals surface area (Å²) in [6.45, 7) is 0. The van der Waals surface area contributed by atoms with Crippen LogP contribution < -0.4 is 5.32 Å². The van der Waals surface area contributed by atoms with Gasteiger partial charge in [-0.2, -0.15) is 5.10 Å². The van der Waals surface area contributed by atoms with Gasteiger partial charge in [-0.15, -0.1) is 0 Å². The zero-order valence-electron chi connectivity index (χ0n) is 8.68. The lowest BCUT2D eigenvalue weighted by Crippen LogP contribution is -2.15. The predicted octanol–water partition coefficient (Wildman–Crippen LogP) is 1.64. The molecule has 2 aliphatic carbocycles. The fraction of sp³-hybridized carbons (Fsp3) is 0.636. The highest BCUT2D eigenvalue weighted by Crippen LogP contribution is 2.31. The van der Waals surface area contributed by atoms with Crippen LogP contribution in [0.3, 0.4) is 0 Å². The van der Waals surface area contributed by atoms with Crippen LogP contribution in [0.1, 0.15) is 36.9 Å². The average molecular weight is 205 g/mol. The van der Waals surface area contributed by atoms with Crippen molar-refractivity contribution in [3.63, 3.8) is 0 Å². The van der Waals surface area contributed by atoms with Gasteiger partial charge in [0.25, 0.3) is 0 Å². The van der Waals surface area contributed by atoms with Crippen LogP contribution in [0.15, 0.2) is 0 Å². The van der Waals surface area contributed by atoms with Crippen molar-refractivity contribution in [1.82, 2.24) is 10.2 Å². The second-order valence-electron chi connectivity index (χ2n) is 4.50. The van der Waals surface area contributed by atoms with Gasteiger partial charge in [0.05, 0.1) is 0 Å². The van der Waals surface area contributed by atoms with Crippen LogP contribution >= 0.6 is 0 Å². The summed E-state index contributed by atoms with van der Waals surface area (Å²) in [5.41, 5.74) is 2.45. The molecule has 1 aromatic rings. The Kier molecular flexibility index (Phi) is 2.01. The maximum atomic E-state index is 11.6. The number of fused-ring (bicyclic) bond motifs is 1. The second kappa shape index (κ2) is 3.36. The Balaban J connectivity index is 1.79. The number of nitrogens with zero attached hydrogens (tertiary/aromatic N) is 1. The minimum absolute atomic E-state index is 0.148. The lowest BCUT2D eigenvalue weighted by Gasteiger charge is -2.11. The fourth-order valence-electron chi connectivity index (χ4n) is 2.15. The molecule has 0 bridgehead atoms. The van der Waals surface area contributed by atoms with E-state index in [-0.39, 0.29) is 11.8 Å². The van der Waals surface area contributed by atoms with Crippen LogP contribution in [0, 0.1) is 5.92 Å². The van der Waals surface area contributed by atoms with Gasteiger partial charge in [-0.25, -0.2) is 0 Å². The molecule has 80 valence electrons. The Hall–Kier alpha value is -1.32. The van der Waals surface area contributed by atoms with Gasteiger partial charge in [-0.05, 0) is 38.5 Å². The Morgan fingerprint density at radius 1 is 1.33 bits per heavy atom. The number of aryl methyl sites for hydroxylation is 1. The zero-order valence-corrected chi connectivity index (χ0v) is 8.68. The molecule has 2 N–H and O–H groups in total. The molecule has 0 unspecified atom stereocenters. The molecule has 15 heavy (non-hydrogen) atoms. The Morgan fingerprint density at radius 3 is 2.93 bits per heavy atom. The lowest BCUT2D eigenvalue weighted by molar-refractivity contribution is -0.117. The quantitative estimate of drug-likeness (QED) is 0.771. The molecule has 4 heteroatoms. The van der Waals surface area contributed by atoms with E-state index in [9.17, 15) is 4.79 Å². The van der Waals surface area contributed by atoms with E-state index < -0.39 is 0 Å². The molecular weight excluding hydrogens is 190 g/mol. The van der Waals surface area contributed by atoms with Crippen molar-refractivity contribution in [2.75, 3.05) is 5.32 Å². The molecule has 0 saturated heterocycles. The molecule has 3 rings (SSSR count). The first-order valence-corrected chi connectivity index (χ1v) is 5.71. The van der Waals surface area contributed by atoms with Crippen molar-refractivity contribution in [3.8, 4) is 0 Å². The van der Waals surface area contributed by atoms with Crippen molar-refractivity contribution >= 4 is 11.7 Å². The number of anilines is 1. The SMILES string of the molecule is O=C(Nc1n[nH]c2c1CCCC2)C1CC1. The molecule has 0 spiro atoms. The van der Waals surface area contributed by atoms with Crippen LogP contribution in [0.4, 0.5) is 5.82 Å². The van der Waals surface area contributed by atoms with Crippen molar-refractivity contribution < 1.29 is 4.79 Å². The van der Waals surface area contributed by atoms with Crippen LogP contribution in [0.5, 0.6) is 0 Å². The Morgan fingerprint density at radius 2 is 2.13 bits per heavy atom. The van der Waals surface area contributed by atoms with Crippen molar-refractivity contribution in [1.29, 1.82) is 0 Å². The van der Waals surface area contributed by atoms with Gasteiger partial charge in [-0.3, -0.25) is 9.89 Å². The summed E-state index contributed by atoms with van der Waals surface area (Å²) in [5, 5.41) is 10.1. The third-order valence-corrected chi connectivity index (χ3v) is 3.25. The van der Waals surface area contributed by atoms with Gasteiger partial charge >= 0.3 is 0 Å². The topological polar surface area (TPSA) is 57.8 Å². The summed E-state index contributed by atoms with van der Waals surface area (Å²) in [4.78, 5) is 11.6. The zero-order chi connectivity index (χ0) is 10.3. The number of carbonyl (C=O) groups is 1. The van der Waals surface area contributed by atoms with E-state index in [0.29, 0.717) is 0 Å².